The topological polar surface area (TPSA) is 42.7 Å². The van der Waals surface area contributed by atoms with E-state index in [4.69, 9.17) is 9.15 Å². The predicted molar refractivity (Wildman–Crippen MR) is 74.4 cm³/mol. The highest BCUT2D eigenvalue weighted by atomic mass is 16.5. The SMILES string of the molecule is CN(C[C@H]1Cc2ccccc2CO1)C(=O)c1ccco1. The number of furan rings is 1. The first-order chi connectivity index (χ1) is 9.74. The summed E-state index contributed by atoms with van der Waals surface area (Å²) < 4.78 is 10.9. The summed E-state index contributed by atoms with van der Waals surface area (Å²) in [6.07, 6.45) is 2.38. The Hall–Kier alpha value is -2.07. The van der Waals surface area contributed by atoms with E-state index in [1.165, 1.54) is 17.4 Å². The van der Waals surface area contributed by atoms with Gasteiger partial charge in [-0.05, 0) is 23.3 Å². The molecule has 0 saturated carbocycles. The van der Waals surface area contributed by atoms with Gasteiger partial charge in [-0.15, -0.1) is 0 Å². The van der Waals surface area contributed by atoms with Gasteiger partial charge < -0.3 is 14.1 Å². The lowest BCUT2D eigenvalue weighted by atomic mass is 9.99. The smallest absolute Gasteiger partial charge is 0.289 e. The van der Waals surface area contributed by atoms with Gasteiger partial charge in [0.2, 0.25) is 0 Å². The molecule has 1 atom stereocenters. The molecule has 1 aromatic heterocycles. The highest BCUT2D eigenvalue weighted by Crippen LogP contribution is 2.21. The van der Waals surface area contributed by atoms with Crippen LogP contribution in [0.4, 0.5) is 0 Å². The number of amides is 1. The average molecular weight is 271 g/mol. The molecule has 0 N–H and O–H groups in total. The number of hydrogen-bond acceptors (Lipinski definition) is 3. The van der Waals surface area contributed by atoms with E-state index >= 15 is 0 Å². The fourth-order valence-corrected chi connectivity index (χ4v) is 2.50. The highest BCUT2D eigenvalue weighted by Gasteiger charge is 2.23. The van der Waals surface area contributed by atoms with Crippen molar-refractivity contribution in [3.8, 4) is 0 Å². The molecule has 20 heavy (non-hydrogen) atoms. The van der Waals surface area contributed by atoms with Crippen LogP contribution in [-0.4, -0.2) is 30.5 Å². The number of carbonyl (C=O) groups is 1. The van der Waals surface area contributed by atoms with Crippen molar-refractivity contribution in [3.05, 3.63) is 59.5 Å². The first kappa shape index (κ1) is 12.9. The Labute approximate surface area is 118 Å². The van der Waals surface area contributed by atoms with Gasteiger partial charge >= 0.3 is 0 Å². The van der Waals surface area contributed by atoms with Crippen LogP contribution in [0, 0.1) is 0 Å². The minimum atomic E-state index is -0.113. The second-order valence-corrected chi connectivity index (χ2v) is 5.07. The Bertz CT molecular complexity index is 592. The Morgan fingerprint density at radius 1 is 1.25 bits per heavy atom. The maximum absolute atomic E-state index is 12.1. The van der Waals surface area contributed by atoms with Crippen molar-refractivity contribution in [1.82, 2.24) is 4.90 Å². The fraction of sp³-hybridized carbons (Fsp3) is 0.312. The normalized spacial score (nSPS) is 17.6. The van der Waals surface area contributed by atoms with Gasteiger partial charge in [0.15, 0.2) is 5.76 Å². The monoisotopic (exact) mass is 271 g/mol. The third-order valence-electron chi connectivity index (χ3n) is 3.60. The van der Waals surface area contributed by atoms with E-state index in [1.807, 2.05) is 12.1 Å². The molecule has 4 nitrogen and oxygen atoms in total. The predicted octanol–water partition coefficient (Wildman–Crippen LogP) is 2.49. The molecule has 0 bridgehead atoms. The minimum Gasteiger partial charge on any atom is -0.459 e. The zero-order valence-electron chi connectivity index (χ0n) is 11.4. The van der Waals surface area contributed by atoms with Gasteiger partial charge in [-0.25, -0.2) is 0 Å². The number of carbonyl (C=O) groups excluding carboxylic acids is 1. The highest BCUT2D eigenvalue weighted by molar-refractivity contribution is 5.91. The van der Waals surface area contributed by atoms with Crippen LogP contribution in [0.25, 0.3) is 0 Å². The molecule has 1 aliphatic rings. The molecule has 0 saturated heterocycles. The van der Waals surface area contributed by atoms with Gasteiger partial charge in [-0.2, -0.15) is 0 Å². The van der Waals surface area contributed by atoms with Gasteiger partial charge in [0.25, 0.3) is 5.91 Å². The van der Waals surface area contributed by atoms with Crippen LogP contribution in [0.15, 0.2) is 47.1 Å². The molecule has 4 heteroatoms. The number of hydrogen-bond donors (Lipinski definition) is 0. The summed E-state index contributed by atoms with van der Waals surface area (Å²) >= 11 is 0. The van der Waals surface area contributed by atoms with Crippen molar-refractivity contribution in [2.75, 3.05) is 13.6 Å². The van der Waals surface area contributed by atoms with E-state index < -0.39 is 0 Å². The molecule has 2 aromatic rings. The van der Waals surface area contributed by atoms with E-state index in [2.05, 4.69) is 12.1 Å². The van der Waals surface area contributed by atoms with Crippen molar-refractivity contribution in [1.29, 1.82) is 0 Å². The van der Waals surface area contributed by atoms with Crippen molar-refractivity contribution in [2.24, 2.45) is 0 Å². The van der Waals surface area contributed by atoms with Crippen molar-refractivity contribution < 1.29 is 13.9 Å². The number of ether oxygens (including phenoxy) is 1. The van der Waals surface area contributed by atoms with Gasteiger partial charge in [-0.1, -0.05) is 24.3 Å². The largest absolute Gasteiger partial charge is 0.459 e. The second kappa shape index (κ2) is 5.51. The van der Waals surface area contributed by atoms with Crippen LogP contribution < -0.4 is 0 Å². The van der Waals surface area contributed by atoms with Crippen LogP contribution in [-0.2, 0) is 17.8 Å². The summed E-state index contributed by atoms with van der Waals surface area (Å²) in [7, 11) is 1.77. The van der Waals surface area contributed by atoms with Crippen LogP contribution >= 0.6 is 0 Å². The summed E-state index contributed by atoms with van der Waals surface area (Å²) in [6, 6.07) is 11.7. The number of rotatable bonds is 3. The maximum atomic E-state index is 12.1. The zero-order chi connectivity index (χ0) is 13.9. The van der Waals surface area contributed by atoms with Crippen molar-refractivity contribution in [2.45, 2.75) is 19.1 Å². The van der Waals surface area contributed by atoms with Crippen LogP contribution in [0.5, 0.6) is 0 Å². The quantitative estimate of drug-likeness (QED) is 0.861. The lowest BCUT2D eigenvalue weighted by Gasteiger charge is -2.28. The molecule has 0 fully saturated rings. The van der Waals surface area contributed by atoms with E-state index in [0.29, 0.717) is 18.9 Å². The van der Waals surface area contributed by atoms with Gasteiger partial charge in [-0.3, -0.25) is 4.79 Å². The first-order valence-corrected chi connectivity index (χ1v) is 6.71. The molecule has 0 spiro atoms. The van der Waals surface area contributed by atoms with Crippen molar-refractivity contribution >= 4 is 5.91 Å². The third kappa shape index (κ3) is 2.60. The van der Waals surface area contributed by atoms with Crippen molar-refractivity contribution in [3.63, 3.8) is 0 Å². The van der Waals surface area contributed by atoms with Gasteiger partial charge in [0.05, 0.1) is 19.0 Å². The van der Waals surface area contributed by atoms with Crippen LogP contribution in [0.3, 0.4) is 0 Å². The van der Waals surface area contributed by atoms with E-state index in [1.54, 1.807) is 24.1 Å². The summed E-state index contributed by atoms with van der Waals surface area (Å²) in [4.78, 5) is 13.8. The Kier molecular flexibility index (Phi) is 3.56. The molecular weight excluding hydrogens is 254 g/mol. The zero-order valence-corrected chi connectivity index (χ0v) is 11.4. The molecule has 1 amide bonds. The number of nitrogens with zero attached hydrogens (tertiary/aromatic N) is 1. The molecule has 2 heterocycles. The summed E-state index contributed by atoms with van der Waals surface area (Å²) in [5, 5.41) is 0. The first-order valence-electron chi connectivity index (χ1n) is 6.71. The third-order valence-corrected chi connectivity index (χ3v) is 3.60. The standard InChI is InChI=1S/C16H17NO3/c1-17(16(18)15-7-4-8-19-15)10-14-9-12-5-2-3-6-13(12)11-20-14/h2-8,14H,9-11H2,1H3/t14-/m1/s1. The number of likely N-dealkylation sites (N-methyl/N-ethyl adjacent to an activating group) is 1. The van der Waals surface area contributed by atoms with Crippen LogP contribution in [0.1, 0.15) is 21.7 Å². The fourth-order valence-electron chi connectivity index (χ4n) is 2.50. The maximum Gasteiger partial charge on any atom is 0.289 e. The molecule has 0 unspecified atom stereocenters. The van der Waals surface area contributed by atoms with E-state index in [9.17, 15) is 4.79 Å². The average Bonchev–Trinajstić information content (AvgIpc) is 3.00. The van der Waals surface area contributed by atoms with Gasteiger partial charge in [0.1, 0.15) is 0 Å². The molecule has 104 valence electrons. The summed E-state index contributed by atoms with van der Waals surface area (Å²) in [5.74, 6) is 0.251. The number of fused-ring (bicyclic) bond motifs is 1. The molecule has 0 radical (unpaired) electrons. The summed E-state index contributed by atoms with van der Waals surface area (Å²) in [6.45, 7) is 1.18. The minimum absolute atomic E-state index is 0.0359. The molecule has 0 aliphatic carbocycles. The lowest BCUT2D eigenvalue weighted by molar-refractivity contribution is 0.00920. The Morgan fingerprint density at radius 3 is 2.80 bits per heavy atom. The second-order valence-electron chi connectivity index (χ2n) is 5.07. The Balaban J connectivity index is 1.63. The molecule has 1 aliphatic heterocycles. The number of benzene rings is 1. The van der Waals surface area contributed by atoms with Crippen LogP contribution in [0.2, 0.25) is 0 Å². The molecular formula is C16H17NO3. The lowest BCUT2D eigenvalue weighted by Crippen LogP contribution is -2.38. The summed E-state index contributed by atoms with van der Waals surface area (Å²) in [5.41, 5.74) is 2.55. The van der Waals surface area contributed by atoms with E-state index in [0.717, 1.165) is 6.42 Å². The Morgan fingerprint density at radius 2 is 2.05 bits per heavy atom. The molecule has 3 rings (SSSR count). The molecule has 1 aromatic carbocycles. The van der Waals surface area contributed by atoms with E-state index in [-0.39, 0.29) is 12.0 Å². The van der Waals surface area contributed by atoms with Gasteiger partial charge in [0, 0.05) is 20.0 Å².